The molecule has 1 aromatic carbocycles. The Balaban J connectivity index is 2.19. The lowest BCUT2D eigenvalue weighted by Gasteiger charge is -2.37. The number of benzene rings is 1. The smallest absolute Gasteiger partial charge is 0.256 e. The second-order valence-electron chi connectivity index (χ2n) is 6.16. The van der Waals surface area contributed by atoms with Crippen LogP contribution in [0.15, 0.2) is 18.2 Å². The van der Waals surface area contributed by atoms with Crippen LogP contribution >= 0.6 is 0 Å². The van der Waals surface area contributed by atoms with E-state index in [0.717, 1.165) is 12.8 Å². The molecule has 112 valence electrons. The molecule has 1 saturated heterocycles. The van der Waals surface area contributed by atoms with E-state index in [9.17, 15) is 9.18 Å². The van der Waals surface area contributed by atoms with Crippen LogP contribution in [0.4, 0.5) is 4.39 Å². The summed E-state index contributed by atoms with van der Waals surface area (Å²) in [5.41, 5.74) is 6.29. The van der Waals surface area contributed by atoms with E-state index in [1.165, 1.54) is 12.1 Å². The molecule has 0 saturated carbocycles. The van der Waals surface area contributed by atoms with Crippen LogP contribution in [0.3, 0.4) is 0 Å². The van der Waals surface area contributed by atoms with Crippen LogP contribution < -0.4 is 5.73 Å². The number of piperidine rings is 1. The molecule has 0 aliphatic carbocycles. The zero-order valence-electron chi connectivity index (χ0n) is 12.6. The summed E-state index contributed by atoms with van der Waals surface area (Å²) >= 11 is 0. The first-order chi connectivity index (χ1) is 9.93. The normalized spacial score (nSPS) is 17.0. The third-order valence-corrected chi connectivity index (χ3v) is 3.94. The fourth-order valence-electron chi connectivity index (χ4n) is 2.41. The molecule has 1 aliphatic rings. The van der Waals surface area contributed by atoms with Crippen molar-refractivity contribution in [2.45, 2.75) is 26.7 Å². The number of hydrogen-bond acceptors (Lipinski definition) is 2. The van der Waals surface area contributed by atoms with E-state index < -0.39 is 5.82 Å². The van der Waals surface area contributed by atoms with Gasteiger partial charge in [0.1, 0.15) is 5.82 Å². The van der Waals surface area contributed by atoms with E-state index in [1.54, 1.807) is 11.0 Å². The molecule has 0 aromatic heterocycles. The first-order valence-corrected chi connectivity index (χ1v) is 7.21. The minimum atomic E-state index is -0.497. The van der Waals surface area contributed by atoms with Gasteiger partial charge in [-0.05, 0) is 36.5 Å². The summed E-state index contributed by atoms with van der Waals surface area (Å²) in [5.74, 6) is 4.79. The molecule has 0 atom stereocenters. The van der Waals surface area contributed by atoms with Crippen molar-refractivity contribution in [2.75, 3.05) is 19.6 Å². The Morgan fingerprint density at radius 2 is 2.05 bits per heavy atom. The Labute approximate surface area is 125 Å². The van der Waals surface area contributed by atoms with Gasteiger partial charge in [0.05, 0.1) is 12.1 Å². The SMILES string of the molecule is CC1(C)CCN(C(=O)c2cc(C#CCN)ccc2F)CC1. The zero-order chi connectivity index (χ0) is 15.5. The second kappa shape index (κ2) is 6.28. The van der Waals surface area contributed by atoms with E-state index in [-0.39, 0.29) is 23.4 Å². The van der Waals surface area contributed by atoms with Gasteiger partial charge < -0.3 is 10.6 Å². The van der Waals surface area contributed by atoms with Gasteiger partial charge in [0.15, 0.2) is 0 Å². The maximum Gasteiger partial charge on any atom is 0.256 e. The van der Waals surface area contributed by atoms with E-state index in [4.69, 9.17) is 5.73 Å². The van der Waals surface area contributed by atoms with E-state index >= 15 is 0 Å². The van der Waals surface area contributed by atoms with Crippen LogP contribution in [-0.4, -0.2) is 30.4 Å². The molecule has 1 fully saturated rings. The molecular formula is C17H21FN2O. The summed E-state index contributed by atoms with van der Waals surface area (Å²) in [4.78, 5) is 14.2. The summed E-state index contributed by atoms with van der Waals surface area (Å²) in [7, 11) is 0. The van der Waals surface area contributed by atoms with Crippen LogP contribution in [0.5, 0.6) is 0 Å². The second-order valence-corrected chi connectivity index (χ2v) is 6.16. The van der Waals surface area contributed by atoms with Crippen molar-refractivity contribution in [1.82, 2.24) is 4.90 Å². The largest absolute Gasteiger partial charge is 0.339 e. The number of carbonyl (C=O) groups excluding carboxylic acids is 1. The van der Waals surface area contributed by atoms with Crippen molar-refractivity contribution < 1.29 is 9.18 Å². The Hall–Kier alpha value is -1.86. The summed E-state index contributed by atoms with van der Waals surface area (Å²) in [6, 6.07) is 4.37. The molecular weight excluding hydrogens is 267 g/mol. The fraction of sp³-hybridized carbons (Fsp3) is 0.471. The van der Waals surface area contributed by atoms with Gasteiger partial charge in [0, 0.05) is 18.7 Å². The topological polar surface area (TPSA) is 46.3 Å². The van der Waals surface area contributed by atoms with E-state index in [1.807, 2.05) is 0 Å². The minimum Gasteiger partial charge on any atom is -0.339 e. The van der Waals surface area contributed by atoms with Gasteiger partial charge in [0.2, 0.25) is 0 Å². The maximum atomic E-state index is 13.9. The highest BCUT2D eigenvalue weighted by Gasteiger charge is 2.29. The number of rotatable bonds is 1. The van der Waals surface area contributed by atoms with Crippen LogP contribution in [-0.2, 0) is 0 Å². The van der Waals surface area contributed by atoms with E-state index in [2.05, 4.69) is 25.7 Å². The molecule has 3 nitrogen and oxygen atoms in total. The number of nitrogens with zero attached hydrogens (tertiary/aromatic N) is 1. The molecule has 2 rings (SSSR count). The molecule has 2 N–H and O–H groups in total. The highest BCUT2D eigenvalue weighted by atomic mass is 19.1. The molecule has 0 bridgehead atoms. The predicted octanol–water partition coefficient (Wildman–Crippen LogP) is 2.40. The zero-order valence-corrected chi connectivity index (χ0v) is 12.6. The van der Waals surface area contributed by atoms with Crippen molar-refractivity contribution in [1.29, 1.82) is 0 Å². The van der Waals surface area contributed by atoms with Crippen molar-refractivity contribution in [3.8, 4) is 11.8 Å². The van der Waals surface area contributed by atoms with Crippen molar-refractivity contribution >= 4 is 5.91 Å². The van der Waals surface area contributed by atoms with Crippen LogP contribution in [0.2, 0.25) is 0 Å². The van der Waals surface area contributed by atoms with Gasteiger partial charge in [-0.3, -0.25) is 4.79 Å². The molecule has 1 aromatic rings. The van der Waals surface area contributed by atoms with Gasteiger partial charge >= 0.3 is 0 Å². The Kier molecular flexibility index (Phi) is 4.64. The standard InChI is InChI=1S/C17H21FN2O/c1-17(2)7-10-20(11-8-17)16(21)14-12-13(4-3-9-19)5-6-15(14)18/h5-6,12H,7-11,19H2,1-2H3. The van der Waals surface area contributed by atoms with Gasteiger partial charge in [0.25, 0.3) is 5.91 Å². The fourth-order valence-corrected chi connectivity index (χ4v) is 2.41. The molecule has 1 heterocycles. The molecule has 21 heavy (non-hydrogen) atoms. The lowest BCUT2D eigenvalue weighted by Crippen LogP contribution is -2.41. The molecule has 0 spiro atoms. The quantitative estimate of drug-likeness (QED) is 0.807. The van der Waals surface area contributed by atoms with Gasteiger partial charge in [-0.25, -0.2) is 4.39 Å². The third-order valence-electron chi connectivity index (χ3n) is 3.94. The maximum absolute atomic E-state index is 13.9. The molecule has 0 unspecified atom stereocenters. The number of nitrogens with two attached hydrogens (primary N) is 1. The summed E-state index contributed by atoms with van der Waals surface area (Å²) in [6.07, 6.45) is 1.88. The van der Waals surface area contributed by atoms with Crippen molar-refractivity contribution in [2.24, 2.45) is 11.1 Å². The number of carbonyl (C=O) groups is 1. The van der Waals surface area contributed by atoms with E-state index in [0.29, 0.717) is 18.7 Å². The van der Waals surface area contributed by atoms with Crippen LogP contribution in [0.1, 0.15) is 42.6 Å². The Morgan fingerprint density at radius 1 is 1.38 bits per heavy atom. The van der Waals surface area contributed by atoms with Crippen molar-refractivity contribution in [3.05, 3.63) is 35.1 Å². The Bertz CT molecular complexity index is 589. The number of amides is 1. The van der Waals surface area contributed by atoms with Gasteiger partial charge in [-0.1, -0.05) is 25.7 Å². The summed E-state index contributed by atoms with van der Waals surface area (Å²) in [5, 5.41) is 0. The molecule has 1 aliphatic heterocycles. The monoisotopic (exact) mass is 288 g/mol. The van der Waals surface area contributed by atoms with Gasteiger partial charge in [-0.15, -0.1) is 0 Å². The lowest BCUT2D eigenvalue weighted by atomic mass is 9.82. The van der Waals surface area contributed by atoms with Crippen LogP contribution in [0.25, 0.3) is 0 Å². The first kappa shape index (κ1) is 15.5. The Morgan fingerprint density at radius 3 is 2.67 bits per heavy atom. The lowest BCUT2D eigenvalue weighted by molar-refractivity contribution is 0.0625. The van der Waals surface area contributed by atoms with Crippen LogP contribution in [0, 0.1) is 23.1 Å². The molecule has 0 radical (unpaired) electrons. The van der Waals surface area contributed by atoms with Gasteiger partial charge in [-0.2, -0.15) is 0 Å². The number of hydrogen-bond donors (Lipinski definition) is 1. The average molecular weight is 288 g/mol. The third kappa shape index (κ3) is 3.83. The highest BCUT2D eigenvalue weighted by Crippen LogP contribution is 2.30. The summed E-state index contributed by atoms with van der Waals surface area (Å²) in [6.45, 7) is 5.96. The van der Waals surface area contributed by atoms with Crippen molar-refractivity contribution in [3.63, 3.8) is 0 Å². The first-order valence-electron chi connectivity index (χ1n) is 7.21. The molecule has 1 amide bonds. The average Bonchev–Trinajstić information content (AvgIpc) is 2.46. The number of likely N-dealkylation sites (tertiary alicyclic amines) is 1. The number of halogens is 1. The predicted molar refractivity (Wildman–Crippen MR) is 81.3 cm³/mol. The molecule has 4 heteroatoms. The minimum absolute atomic E-state index is 0.0959. The summed E-state index contributed by atoms with van der Waals surface area (Å²) < 4.78 is 13.9. The highest BCUT2D eigenvalue weighted by molar-refractivity contribution is 5.95.